The third-order valence-corrected chi connectivity index (χ3v) is 7.12. The Labute approximate surface area is 166 Å². The number of phenols is 1. The largest absolute Gasteiger partial charge is 0.508 e. The zero-order valence-corrected chi connectivity index (χ0v) is 16.3. The van der Waals surface area contributed by atoms with Crippen molar-refractivity contribution in [3.8, 4) is 17.2 Å². The molecule has 1 aliphatic heterocycles. The molecule has 6 nitrogen and oxygen atoms in total. The smallest absolute Gasteiger partial charge is 0.226 e. The van der Waals surface area contributed by atoms with Gasteiger partial charge in [0, 0.05) is 31.1 Å². The SMILES string of the molecule is O=C(NCCNCC1COc2cc(O)ccc2O1)C12CC3CC(CC(C3)C1)C2. The highest BCUT2D eigenvalue weighted by molar-refractivity contribution is 5.83. The number of rotatable bonds is 6. The van der Waals surface area contributed by atoms with Gasteiger partial charge in [0.25, 0.3) is 0 Å². The second-order valence-corrected chi connectivity index (χ2v) is 9.34. The van der Waals surface area contributed by atoms with E-state index >= 15 is 0 Å². The predicted molar refractivity (Wildman–Crippen MR) is 105 cm³/mol. The van der Waals surface area contributed by atoms with Crippen LogP contribution in [0.15, 0.2) is 18.2 Å². The number of nitrogens with one attached hydrogen (secondary N) is 2. The lowest BCUT2D eigenvalue weighted by atomic mass is 9.49. The fourth-order valence-corrected chi connectivity index (χ4v) is 6.31. The van der Waals surface area contributed by atoms with Crippen LogP contribution in [0.2, 0.25) is 0 Å². The van der Waals surface area contributed by atoms with Crippen LogP contribution in [0.4, 0.5) is 0 Å². The molecule has 6 heteroatoms. The van der Waals surface area contributed by atoms with E-state index < -0.39 is 0 Å². The molecule has 1 aromatic rings. The van der Waals surface area contributed by atoms with E-state index in [0.29, 0.717) is 37.1 Å². The van der Waals surface area contributed by atoms with E-state index in [2.05, 4.69) is 10.6 Å². The molecule has 4 saturated carbocycles. The Kier molecular flexibility index (Phi) is 4.62. The first-order valence-corrected chi connectivity index (χ1v) is 10.7. The summed E-state index contributed by atoms with van der Waals surface area (Å²) in [5.74, 6) is 4.09. The van der Waals surface area contributed by atoms with Gasteiger partial charge in [-0.1, -0.05) is 0 Å². The number of ether oxygens (including phenoxy) is 2. The van der Waals surface area contributed by atoms with Crippen molar-refractivity contribution < 1.29 is 19.4 Å². The third kappa shape index (κ3) is 3.43. The Hall–Kier alpha value is -1.95. The molecule has 28 heavy (non-hydrogen) atoms. The van der Waals surface area contributed by atoms with Crippen LogP contribution in [0, 0.1) is 23.2 Å². The Morgan fingerprint density at radius 1 is 1.07 bits per heavy atom. The molecule has 0 saturated heterocycles. The lowest BCUT2D eigenvalue weighted by molar-refractivity contribution is -0.146. The first kappa shape index (κ1) is 18.1. The number of hydrogen-bond donors (Lipinski definition) is 3. The maximum absolute atomic E-state index is 12.9. The normalized spacial score (nSPS) is 35.0. The van der Waals surface area contributed by atoms with E-state index in [1.807, 2.05) is 0 Å². The average Bonchev–Trinajstić information content (AvgIpc) is 2.66. The summed E-state index contributed by atoms with van der Waals surface area (Å²) in [7, 11) is 0. The maximum Gasteiger partial charge on any atom is 0.226 e. The molecule has 0 aromatic heterocycles. The lowest BCUT2D eigenvalue weighted by Gasteiger charge is -2.55. The molecule has 1 unspecified atom stereocenters. The van der Waals surface area contributed by atoms with Crippen molar-refractivity contribution in [2.24, 2.45) is 23.2 Å². The summed E-state index contributed by atoms with van der Waals surface area (Å²) < 4.78 is 11.5. The number of aromatic hydroxyl groups is 1. The summed E-state index contributed by atoms with van der Waals surface area (Å²) in [4.78, 5) is 12.9. The molecule has 3 N–H and O–H groups in total. The molecule has 4 fully saturated rings. The highest BCUT2D eigenvalue weighted by Crippen LogP contribution is 2.60. The number of carbonyl (C=O) groups excluding carboxylic acids is 1. The minimum absolute atomic E-state index is 0.0651. The van der Waals surface area contributed by atoms with Gasteiger partial charge in [-0.15, -0.1) is 0 Å². The van der Waals surface area contributed by atoms with Gasteiger partial charge in [-0.05, 0) is 68.4 Å². The van der Waals surface area contributed by atoms with Gasteiger partial charge in [0.1, 0.15) is 18.5 Å². The predicted octanol–water partition coefficient (Wildman–Crippen LogP) is 2.45. The van der Waals surface area contributed by atoms with Crippen LogP contribution in [0.3, 0.4) is 0 Å². The molecule has 1 atom stereocenters. The maximum atomic E-state index is 12.9. The lowest BCUT2D eigenvalue weighted by Crippen LogP contribution is -2.54. The van der Waals surface area contributed by atoms with Gasteiger partial charge >= 0.3 is 0 Å². The Bertz CT molecular complexity index is 715. The number of benzene rings is 1. The van der Waals surface area contributed by atoms with Crippen LogP contribution in [-0.4, -0.2) is 43.4 Å². The molecule has 152 valence electrons. The van der Waals surface area contributed by atoms with E-state index in [0.717, 1.165) is 43.6 Å². The zero-order chi connectivity index (χ0) is 19.1. The fraction of sp³-hybridized carbons (Fsp3) is 0.682. The van der Waals surface area contributed by atoms with E-state index in [9.17, 15) is 9.90 Å². The standard InChI is InChI=1S/C22H30N2O4/c25-17-1-2-19-20(8-17)27-13-18(28-19)12-23-3-4-24-21(26)22-9-14-5-15(10-22)7-16(6-14)11-22/h1-2,8,14-16,18,23,25H,3-7,9-13H2,(H,24,26). The van der Waals surface area contributed by atoms with Crippen molar-refractivity contribution in [1.82, 2.24) is 10.6 Å². The minimum Gasteiger partial charge on any atom is -0.508 e. The van der Waals surface area contributed by atoms with Crippen molar-refractivity contribution in [2.45, 2.75) is 44.6 Å². The van der Waals surface area contributed by atoms with Crippen molar-refractivity contribution in [3.63, 3.8) is 0 Å². The van der Waals surface area contributed by atoms with Gasteiger partial charge in [0.2, 0.25) is 5.91 Å². The quantitative estimate of drug-likeness (QED) is 0.655. The molecule has 5 aliphatic rings. The molecular weight excluding hydrogens is 356 g/mol. The second-order valence-electron chi connectivity index (χ2n) is 9.34. The molecule has 0 radical (unpaired) electrons. The van der Waals surface area contributed by atoms with Gasteiger partial charge in [0.15, 0.2) is 11.5 Å². The first-order valence-electron chi connectivity index (χ1n) is 10.7. The van der Waals surface area contributed by atoms with E-state index in [1.54, 1.807) is 18.2 Å². The van der Waals surface area contributed by atoms with Crippen molar-refractivity contribution in [3.05, 3.63) is 18.2 Å². The van der Waals surface area contributed by atoms with Crippen molar-refractivity contribution >= 4 is 5.91 Å². The van der Waals surface area contributed by atoms with Crippen LogP contribution in [0.5, 0.6) is 17.2 Å². The van der Waals surface area contributed by atoms with Gasteiger partial charge in [0.05, 0.1) is 0 Å². The molecule has 4 bridgehead atoms. The van der Waals surface area contributed by atoms with Gasteiger partial charge < -0.3 is 25.2 Å². The number of carbonyl (C=O) groups is 1. The summed E-state index contributed by atoms with van der Waals surface area (Å²) in [6.45, 7) is 2.48. The number of amides is 1. The summed E-state index contributed by atoms with van der Waals surface area (Å²) in [6, 6.07) is 4.89. The van der Waals surface area contributed by atoms with Gasteiger partial charge in [-0.25, -0.2) is 0 Å². The molecule has 6 rings (SSSR count). The van der Waals surface area contributed by atoms with E-state index in [4.69, 9.17) is 9.47 Å². The highest BCUT2D eigenvalue weighted by Gasteiger charge is 2.54. The molecule has 0 spiro atoms. The van der Waals surface area contributed by atoms with Crippen molar-refractivity contribution in [2.75, 3.05) is 26.2 Å². The first-order chi connectivity index (χ1) is 13.6. The van der Waals surface area contributed by atoms with Crippen molar-refractivity contribution in [1.29, 1.82) is 0 Å². The molecule has 1 amide bonds. The summed E-state index contributed by atoms with van der Waals surface area (Å²) >= 11 is 0. The Morgan fingerprint density at radius 3 is 2.50 bits per heavy atom. The Balaban J connectivity index is 1.05. The average molecular weight is 386 g/mol. The molecule has 4 aliphatic carbocycles. The molecule has 1 heterocycles. The van der Waals surface area contributed by atoms with E-state index in [-0.39, 0.29) is 17.3 Å². The van der Waals surface area contributed by atoms with Crippen LogP contribution >= 0.6 is 0 Å². The Morgan fingerprint density at radius 2 is 1.79 bits per heavy atom. The second kappa shape index (κ2) is 7.14. The van der Waals surface area contributed by atoms with Crippen LogP contribution in [0.1, 0.15) is 38.5 Å². The highest BCUT2D eigenvalue weighted by atomic mass is 16.6. The number of fused-ring (bicyclic) bond motifs is 1. The molecular formula is C22H30N2O4. The number of hydrogen-bond acceptors (Lipinski definition) is 5. The van der Waals surface area contributed by atoms with Gasteiger partial charge in [-0.3, -0.25) is 4.79 Å². The minimum atomic E-state index is -0.0732. The van der Waals surface area contributed by atoms with Crippen LogP contribution < -0.4 is 20.1 Å². The van der Waals surface area contributed by atoms with Crippen LogP contribution in [0.25, 0.3) is 0 Å². The summed E-state index contributed by atoms with van der Waals surface area (Å²) in [6.07, 6.45) is 7.35. The summed E-state index contributed by atoms with van der Waals surface area (Å²) in [5, 5.41) is 16.0. The summed E-state index contributed by atoms with van der Waals surface area (Å²) in [5.41, 5.74) is -0.0651. The monoisotopic (exact) mass is 386 g/mol. The van der Waals surface area contributed by atoms with Gasteiger partial charge in [-0.2, -0.15) is 0 Å². The zero-order valence-electron chi connectivity index (χ0n) is 16.3. The topological polar surface area (TPSA) is 79.8 Å². The third-order valence-electron chi connectivity index (χ3n) is 7.12. The van der Waals surface area contributed by atoms with E-state index in [1.165, 1.54) is 19.3 Å². The number of phenolic OH excluding ortho intramolecular Hbond substituents is 1. The van der Waals surface area contributed by atoms with Crippen LogP contribution in [-0.2, 0) is 4.79 Å². The fourth-order valence-electron chi connectivity index (χ4n) is 6.31. The molecule has 1 aromatic carbocycles.